The van der Waals surface area contributed by atoms with Crippen molar-refractivity contribution < 1.29 is 14.0 Å². The maximum Gasteiger partial charge on any atom is 0.295 e. The number of thiocarbonyl (C=S) groups is 1. The predicted molar refractivity (Wildman–Crippen MR) is 103 cm³/mol. The van der Waals surface area contributed by atoms with E-state index in [-0.39, 0.29) is 22.4 Å². The van der Waals surface area contributed by atoms with Gasteiger partial charge in [-0.15, -0.1) is 0 Å². The molecular formula is C18H13ClN4O3S. The van der Waals surface area contributed by atoms with E-state index >= 15 is 0 Å². The Kier molecular flexibility index (Phi) is 5.54. The number of carbonyl (C=O) groups is 2. The highest BCUT2D eigenvalue weighted by atomic mass is 35.5. The van der Waals surface area contributed by atoms with Crippen molar-refractivity contribution in [3.8, 4) is 6.07 Å². The van der Waals surface area contributed by atoms with Crippen molar-refractivity contribution in [2.24, 2.45) is 0 Å². The first-order chi connectivity index (χ1) is 13.0. The van der Waals surface area contributed by atoms with Gasteiger partial charge in [0, 0.05) is 30.0 Å². The third-order valence-electron chi connectivity index (χ3n) is 3.77. The molecule has 0 aliphatic carbocycles. The van der Waals surface area contributed by atoms with E-state index in [9.17, 15) is 14.9 Å². The molecule has 136 valence electrons. The van der Waals surface area contributed by atoms with Gasteiger partial charge in [0.05, 0.1) is 6.26 Å². The van der Waals surface area contributed by atoms with Crippen molar-refractivity contribution in [1.82, 2.24) is 9.80 Å². The van der Waals surface area contributed by atoms with E-state index in [1.54, 1.807) is 36.4 Å². The SMILES string of the molecule is N#C/C(=C/N1CCN(C(=O)c2ccco2)C1=S)C(=O)Nc1ccc(Cl)cc1. The van der Waals surface area contributed by atoms with Crippen LogP contribution < -0.4 is 5.32 Å². The second kappa shape index (κ2) is 8.03. The smallest absolute Gasteiger partial charge is 0.295 e. The van der Waals surface area contributed by atoms with Gasteiger partial charge >= 0.3 is 0 Å². The molecule has 1 fully saturated rings. The molecule has 0 saturated carbocycles. The van der Waals surface area contributed by atoms with Crippen LogP contribution in [0.2, 0.25) is 5.02 Å². The Hall–Kier alpha value is -3.15. The largest absolute Gasteiger partial charge is 0.459 e. The van der Waals surface area contributed by atoms with Crippen LogP contribution in [0.25, 0.3) is 0 Å². The topological polar surface area (TPSA) is 89.6 Å². The third kappa shape index (κ3) is 4.16. The lowest BCUT2D eigenvalue weighted by Gasteiger charge is -2.17. The monoisotopic (exact) mass is 400 g/mol. The van der Waals surface area contributed by atoms with Gasteiger partial charge in [-0.05, 0) is 48.6 Å². The summed E-state index contributed by atoms with van der Waals surface area (Å²) in [7, 11) is 0. The van der Waals surface area contributed by atoms with Gasteiger partial charge in [0.1, 0.15) is 11.6 Å². The van der Waals surface area contributed by atoms with Gasteiger partial charge in [0.15, 0.2) is 10.9 Å². The van der Waals surface area contributed by atoms with Gasteiger partial charge in [-0.1, -0.05) is 11.6 Å². The average Bonchev–Trinajstić information content (AvgIpc) is 3.31. The molecule has 7 nitrogen and oxygen atoms in total. The summed E-state index contributed by atoms with van der Waals surface area (Å²) < 4.78 is 5.10. The number of hydrogen-bond donors (Lipinski definition) is 1. The van der Waals surface area contributed by atoms with Gasteiger partial charge in [0.25, 0.3) is 11.8 Å². The predicted octanol–water partition coefficient (Wildman–Crippen LogP) is 3.02. The van der Waals surface area contributed by atoms with E-state index < -0.39 is 5.91 Å². The highest BCUT2D eigenvalue weighted by Crippen LogP contribution is 2.17. The Bertz CT molecular complexity index is 948. The van der Waals surface area contributed by atoms with E-state index in [0.29, 0.717) is 23.8 Å². The van der Waals surface area contributed by atoms with Crippen molar-refractivity contribution in [2.45, 2.75) is 0 Å². The summed E-state index contributed by atoms with van der Waals surface area (Å²) >= 11 is 11.1. The van der Waals surface area contributed by atoms with Crippen LogP contribution in [0.4, 0.5) is 5.69 Å². The zero-order chi connectivity index (χ0) is 19.4. The van der Waals surface area contributed by atoms with Crippen LogP contribution in [0.1, 0.15) is 10.6 Å². The zero-order valence-corrected chi connectivity index (χ0v) is 15.5. The lowest BCUT2D eigenvalue weighted by molar-refractivity contribution is -0.112. The first-order valence-corrected chi connectivity index (χ1v) is 8.63. The van der Waals surface area contributed by atoms with Gasteiger partial charge in [-0.2, -0.15) is 5.26 Å². The number of carbonyl (C=O) groups excluding carboxylic acids is 2. The van der Waals surface area contributed by atoms with E-state index in [4.69, 9.17) is 28.2 Å². The number of rotatable bonds is 4. The Morgan fingerprint density at radius 1 is 1.26 bits per heavy atom. The number of hydrogen-bond acceptors (Lipinski definition) is 5. The molecule has 9 heteroatoms. The third-order valence-corrected chi connectivity index (χ3v) is 4.48. The number of benzene rings is 1. The minimum Gasteiger partial charge on any atom is -0.459 e. The summed E-state index contributed by atoms with van der Waals surface area (Å²) in [5, 5.41) is 12.7. The van der Waals surface area contributed by atoms with Crippen LogP contribution in [0, 0.1) is 11.3 Å². The van der Waals surface area contributed by atoms with E-state index in [1.165, 1.54) is 22.3 Å². The lowest BCUT2D eigenvalue weighted by atomic mass is 10.2. The molecular weight excluding hydrogens is 388 g/mol. The number of nitriles is 1. The summed E-state index contributed by atoms with van der Waals surface area (Å²) in [5.74, 6) is -0.785. The fourth-order valence-electron chi connectivity index (χ4n) is 2.42. The highest BCUT2D eigenvalue weighted by Gasteiger charge is 2.31. The number of furan rings is 1. The first kappa shape index (κ1) is 18.6. The van der Waals surface area contributed by atoms with Crippen LogP contribution in [0.3, 0.4) is 0 Å². The van der Waals surface area contributed by atoms with Crippen LogP contribution in [-0.4, -0.2) is 39.8 Å². The van der Waals surface area contributed by atoms with E-state index in [2.05, 4.69) is 5.32 Å². The number of nitrogens with one attached hydrogen (secondary N) is 1. The van der Waals surface area contributed by atoms with Gasteiger partial charge in [0.2, 0.25) is 0 Å². The molecule has 0 radical (unpaired) electrons. The Morgan fingerprint density at radius 2 is 2.00 bits per heavy atom. The second-order valence-electron chi connectivity index (χ2n) is 5.53. The van der Waals surface area contributed by atoms with Crippen LogP contribution in [-0.2, 0) is 4.79 Å². The molecule has 1 aromatic carbocycles. The van der Waals surface area contributed by atoms with E-state index in [1.807, 2.05) is 6.07 Å². The minimum absolute atomic E-state index is 0.139. The molecule has 2 amide bonds. The molecule has 1 N–H and O–H groups in total. The maximum absolute atomic E-state index is 12.4. The minimum atomic E-state index is -0.585. The number of nitrogens with zero attached hydrogens (tertiary/aromatic N) is 3. The molecule has 2 aromatic rings. The van der Waals surface area contributed by atoms with Crippen LogP contribution >= 0.6 is 23.8 Å². The fourth-order valence-corrected chi connectivity index (χ4v) is 2.87. The molecule has 1 aromatic heterocycles. The standard InChI is InChI=1S/C18H13ClN4O3S/c19-13-3-5-14(6-4-13)21-16(24)12(10-20)11-22-7-8-23(18(22)27)17(25)15-2-1-9-26-15/h1-6,9,11H,7-8H2,(H,21,24)/b12-11-. The van der Waals surface area contributed by atoms with Crippen LogP contribution in [0.15, 0.2) is 58.9 Å². The van der Waals surface area contributed by atoms with Crippen molar-refractivity contribution in [1.29, 1.82) is 5.26 Å². The second-order valence-corrected chi connectivity index (χ2v) is 6.33. The van der Waals surface area contributed by atoms with Crippen molar-refractivity contribution in [3.63, 3.8) is 0 Å². The van der Waals surface area contributed by atoms with Gasteiger partial charge < -0.3 is 14.6 Å². The Labute approximate surface area is 165 Å². The van der Waals surface area contributed by atoms with Gasteiger partial charge in [-0.25, -0.2) is 0 Å². The lowest BCUT2D eigenvalue weighted by Crippen LogP contribution is -2.34. The quantitative estimate of drug-likeness (QED) is 0.482. The maximum atomic E-state index is 12.4. The van der Waals surface area contributed by atoms with Crippen molar-refractivity contribution in [2.75, 3.05) is 18.4 Å². The summed E-state index contributed by atoms with van der Waals surface area (Å²) in [5.41, 5.74) is 0.365. The van der Waals surface area contributed by atoms with Gasteiger partial charge in [-0.3, -0.25) is 14.5 Å². The number of halogens is 1. The molecule has 1 aliphatic rings. The fraction of sp³-hybridized carbons (Fsp3) is 0.111. The molecule has 0 spiro atoms. The molecule has 3 rings (SSSR count). The molecule has 2 heterocycles. The van der Waals surface area contributed by atoms with Crippen LogP contribution in [0.5, 0.6) is 0 Å². The van der Waals surface area contributed by atoms with E-state index in [0.717, 1.165) is 0 Å². The summed E-state index contributed by atoms with van der Waals surface area (Å²) in [4.78, 5) is 27.6. The highest BCUT2D eigenvalue weighted by molar-refractivity contribution is 7.80. The zero-order valence-electron chi connectivity index (χ0n) is 13.9. The molecule has 27 heavy (non-hydrogen) atoms. The van der Waals surface area contributed by atoms with Crippen molar-refractivity contribution in [3.05, 3.63) is 65.2 Å². The Morgan fingerprint density at radius 3 is 2.63 bits per heavy atom. The van der Waals surface area contributed by atoms with Crippen molar-refractivity contribution >= 4 is 46.4 Å². The normalized spacial score (nSPS) is 14.2. The molecule has 0 atom stereocenters. The molecule has 1 aliphatic heterocycles. The number of amides is 2. The summed E-state index contributed by atoms with van der Waals surface area (Å²) in [6, 6.07) is 11.5. The average molecular weight is 401 g/mol. The molecule has 0 unspecified atom stereocenters. The molecule has 1 saturated heterocycles. The first-order valence-electron chi connectivity index (χ1n) is 7.84. The number of anilines is 1. The summed E-state index contributed by atoms with van der Waals surface area (Å²) in [6.07, 6.45) is 2.74. The summed E-state index contributed by atoms with van der Waals surface area (Å²) in [6.45, 7) is 0.692. The molecule has 0 bridgehead atoms. The Balaban J connectivity index is 1.71.